The van der Waals surface area contributed by atoms with Gasteiger partial charge in [-0.25, -0.2) is 4.98 Å². The molecule has 0 aliphatic carbocycles. The summed E-state index contributed by atoms with van der Waals surface area (Å²) in [5.41, 5.74) is 1.17. The third-order valence-electron chi connectivity index (χ3n) is 2.69. The van der Waals surface area contributed by atoms with E-state index in [-0.39, 0.29) is 0 Å². The monoisotopic (exact) mass is 284 g/mol. The van der Waals surface area contributed by atoms with Crippen LogP contribution in [0.15, 0.2) is 18.3 Å². The Bertz CT molecular complexity index is 518. The lowest BCUT2D eigenvalue weighted by atomic mass is 10.4. The molecule has 0 fully saturated rings. The molecule has 2 heterocycles. The lowest BCUT2D eigenvalue weighted by molar-refractivity contribution is 0.659. The summed E-state index contributed by atoms with van der Waals surface area (Å²) in [7, 11) is 6.02. The molecule has 0 unspecified atom stereocenters. The Morgan fingerprint density at radius 1 is 1.39 bits per heavy atom. The maximum Gasteiger partial charge on any atom is 0.204 e. The fourth-order valence-corrected chi connectivity index (χ4v) is 2.83. The average molecular weight is 285 g/mol. The predicted octanol–water partition coefficient (Wildman–Crippen LogP) is 2.49. The van der Waals surface area contributed by atoms with E-state index in [0.717, 1.165) is 23.4 Å². The molecule has 4 nitrogen and oxygen atoms in total. The van der Waals surface area contributed by atoms with Crippen molar-refractivity contribution in [2.45, 2.75) is 13.1 Å². The van der Waals surface area contributed by atoms with Gasteiger partial charge >= 0.3 is 0 Å². The summed E-state index contributed by atoms with van der Waals surface area (Å²) >= 11 is 7.50. The summed E-state index contributed by atoms with van der Waals surface area (Å²) in [4.78, 5) is 7.62. The largest absolute Gasteiger partial charge is 0.348 e. The number of hydrogen-bond acceptors (Lipinski definition) is 4. The summed E-state index contributed by atoms with van der Waals surface area (Å²) < 4.78 is 2.93. The van der Waals surface area contributed by atoms with Crippen LogP contribution in [0.25, 0.3) is 0 Å². The maximum atomic E-state index is 5.89. The first-order chi connectivity index (χ1) is 8.58. The second kappa shape index (κ2) is 5.73. The minimum absolute atomic E-state index is 0.798. The van der Waals surface area contributed by atoms with Crippen molar-refractivity contribution in [1.29, 1.82) is 0 Å². The molecule has 0 amide bonds. The smallest absolute Gasteiger partial charge is 0.204 e. The third-order valence-corrected chi connectivity index (χ3v) is 3.93. The van der Waals surface area contributed by atoms with E-state index in [4.69, 9.17) is 11.6 Å². The van der Waals surface area contributed by atoms with Gasteiger partial charge < -0.3 is 14.8 Å². The van der Waals surface area contributed by atoms with E-state index < -0.39 is 0 Å². The van der Waals surface area contributed by atoms with Gasteiger partial charge in [-0.1, -0.05) is 11.6 Å². The van der Waals surface area contributed by atoms with Crippen LogP contribution in [-0.2, 0) is 20.1 Å². The number of nitrogens with zero attached hydrogens (tertiary/aromatic N) is 3. The minimum atomic E-state index is 0.798. The molecule has 0 aliphatic rings. The predicted molar refractivity (Wildman–Crippen MR) is 77.4 cm³/mol. The van der Waals surface area contributed by atoms with Crippen LogP contribution in [0.4, 0.5) is 5.95 Å². The number of thiophene rings is 1. The third kappa shape index (κ3) is 3.04. The standard InChI is InChI=1S/C12H17ClN4S/c1-16(2)12-15-7-9(17(12)3)6-14-8-10-4-5-11(13)18-10/h4-5,7,14H,6,8H2,1-3H3. The van der Waals surface area contributed by atoms with Gasteiger partial charge in [0.2, 0.25) is 5.95 Å². The number of hydrogen-bond donors (Lipinski definition) is 1. The first-order valence-corrected chi connectivity index (χ1v) is 6.90. The van der Waals surface area contributed by atoms with Gasteiger partial charge in [0.1, 0.15) is 0 Å². The second-order valence-corrected chi connectivity index (χ2v) is 6.11. The second-order valence-electron chi connectivity index (χ2n) is 4.31. The Hall–Kier alpha value is -1.04. The Labute approximate surface area is 116 Å². The maximum absolute atomic E-state index is 5.89. The van der Waals surface area contributed by atoms with Gasteiger partial charge in [-0.3, -0.25) is 0 Å². The molecule has 18 heavy (non-hydrogen) atoms. The molecule has 0 bridgehead atoms. The van der Waals surface area contributed by atoms with Crippen LogP contribution in [0.1, 0.15) is 10.6 Å². The van der Waals surface area contributed by atoms with E-state index in [1.807, 2.05) is 38.3 Å². The molecule has 6 heteroatoms. The molecule has 0 radical (unpaired) electrons. The fraction of sp³-hybridized carbons (Fsp3) is 0.417. The Morgan fingerprint density at radius 2 is 2.17 bits per heavy atom. The zero-order chi connectivity index (χ0) is 13.1. The molecule has 0 aromatic carbocycles. The van der Waals surface area contributed by atoms with Crippen LogP contribution in [-0.4, -0.2) is 23.6 Å². The number of halogens is 1. The lowest BCUT2D eigenvalue weighted by Gasteiger charge is -2.12. The summed E-state index contributed by atoms with van der Waals surface area (Å²) in [6.45, 7) is 1.63. The normalized spacial score (nSPS) is 10.9. The average Bonchev–Trinajstić information content (AvgIpc) is 2.87. The highest BCUT2D eigenvalue weighted by Crippen LogP contribution is 2.21. The van der Waals surface area contributed by atoms with Crippen molar-refractivity contribution in [3.05, 3.63) is 33.2 Å². The van der Waals surface area contributed by atoms with Crippen LogP contribution in [0.2, 0.25) is 4.34 Å². The fourth-order valence-electron chi connectivity index (χ4n) is 1.77. The molecule has 2 aromatic rings. The minimum Gasteiger partial charge on any atom is -0.348 e. The first-order valence-electron chi connectivity index (χ1n) is 5.71. The topological polar surface area (TPSA) is 33.1 Å². The van der Waals surface area contributed by atoms with E-state index in [1.54, 1.807) is 11.3 Å². The van der Waals surface area contributed by atoms with Gasteiger partial charge in [0.25, 0.3) is 0 Å². The van der Waals surface area contributed by atoms with Crippen molar-refractivity contribution < 1.29 is 0 Å². The summed E-state index contributed by atoms with van der Waals surface area (Å²) in [5, 5.41) is 3.40. The van der Waals surface area contributed by atoms with E-state index in [9.17, 15) is 0 Å². The number of aromatic nitrogens is 2. The molecular formula is C12H17ClN4S. The Kier molecular flexibility index (Phi) is 4.27. The van der Waals surface area contributed by atoms with E-state index in [0.29, 0.717) is 0 Å². The number of rotatable bonds is 5. The van der Waals surface area contributed by atoms with Crippen LogP contribution < -0.4 is 10.2 Å². The summed E-state index contributed by atoms with van der Waals surface area (Å²) in [6.07, 6.45) is 1.91. The van der Waals surface area contributed by atoms with E-state index in [2.05, 4.69) is 20.9 Å². The summed E-state index contributed by atoms with van der Waals surface area (Å²) in [5.74, 6) is 0.964. The van der Waals surface area contributed by atoms with Gasteiger partial charge in [-0.2, -0.15) is 0 Å². The van der Waals surface area contributed by atoms with Crippen molar-refractivity contribution in [3.63, 3.8) is 0 Å². The molecule has 0 atom stereocenters. The van der Waals surface area contributed by atoms with Crippen molar-refractivity contribution in [2.24, 2.45) is 7.05 Å². The number of nitrogens with one attached hydrogen (secondary N) is 1. The Morgan fingerprint density at radius 3 is 2.72 bits per heavy atom. The highest BCUT2D eigenvalue weighted by Gasteiger charge is 2.07. The number of anilines is 1. The molecule has 0 saturated heterocycles. The molecular weight excluding hydrogens is 268 g/mol. The van der Waals surface area contributed by atoms with Crippen LogP contribution >= 0.6 is 22.9 Å². The molecule has 2 aromatic heterocycles. The zero-order valence-corrected chi connectivity index (χ0v) is 12.3. The number of imidazole rings is 1. The van der Waals surface area contributed by atoms with Gasteiger partial charge in [0, 0.05) is 39.1 Å². The molecule has 0 spiro atoms. The first kappa shape index (κ1) is 13.4. The van der Waals surface area contributed by atoms with Gasteiger partial charge in [0.15, 0.2) is 0 Å². The molecule has 0 saturated carbocycles. The van der Waals surface area contributed by atoms with Crippen molar-refractivity contribution in [1.82, 2.24) is 14.9 Å². The molecule has 2 rings (SSSR count). The van der Waals surface area contributed by atoms with Crippen molar-refractivity contribution in [3.8, 4) is 0 Å². The molecule has 1 N–H and O–H groups in total. The zero-order valence-electron chi connectivity index (χ0n) is 10.8. The Balaban J connectivity index is 1.90. The van der Waals surface area contributed by atoms with E-state index in [1.165, 1.54) is 10.6 Å². The van der Waals surface area contributed by atoms with Crippen LogP contribution in [0.5, 0.6) is 0 Å². The van der Waals surface area contributed by atoms with Crippen molar-refractivity contribution >= 4 is 28.9 Å². The van der Waals surface area contributed by atoms with E-state index >= 15 is 0 Å². The molecule has 98 valence electrons. The molecule has 0 aliphatic heterocycles. The quantitative estimate of drug-likeness (QED) is 0.916. The van der Waals surface area contributed by atoms with Crippen molar-refractivity contribution in [2.75, 3.05) is 19.0 Å². The van der Waals surface area contributed by atoms with Crippen LogP contribution in [0.3, 0.4) is 0 Å². The highest BCUT2D eigenvalue weighted by atomic mass is 35.5. The SMILES string of the molecule is CN(C)c1ncc(CNCc2ccc(Cl)s2)n1C. The summed E-state index contributed by atoms with van der Waals surface area (Å²) in [6, 6.07) is 3.98. The highest BCUT2D eigenvalue weighted by molar-refractivity contribution is 7.16. The van der Waals surface area contributed by atoms with Gasteiger partial charge in [-0.05, 0) is 12.1 Å². The lowest BCUT2D eigenvalue weighted by Crippen LogP contribution is -2.17. The van der Waals surface area contributed by atoms with Gasteiger partial charge in [0.05, 0.1) is 16.2 Å². The van der Waals surface area contributed by atoms with Crippen LogP contribution in [0, 0.1) is 0 Å². The van der Waals surface area contributed by atoms with Gasteiger partial charge in [-0.15, -0.1) is 11.3 Å².